The van der Waals surface area contributed by atoms with E-state index in [4.69, 9.17) is 5.73 Å². The van der Waals surface area contributed by atoms with Gasteiger partial charge in [0.2, 0.25) is 5.95 Å². The molecular weight excluding hydrogens is 222 g/mol. The SMILES string of the molecule is Cc1cc(-c2ccccc2C2CCC2)nc(N)n1. The zero-order valence-electron chi connectivity index (χ0n) is 10.6. The van der Waals surface area contributed by atoms with E-state index in [2.05, 4.69) is 34.2 Å². The summed E-state index contributed by atoms with van der Waals surface area (Å²) >= 11 is 0. The first-order chi connectivity index (χ1) is 8.74. The average Bonchev–Trinajstić information content (AvgIpc) is 2.26. The molecule has 1 aliphatic carbocycles. The number of aromatic nitrogens is 2. The summed E-state index contributed by atoms with van der Waals surface area (Å²) in [6, 6.07) is 10.5. The molecule has 2 aromatic rings. The Morgan fingerprint density at radius 3 is 2.61 bits per heavy atom. The molecule has 0 spiro atoms. The highest BCUT2D eigenvalue weighted by Crippen LogP contribution is 2.40. The van der Waals surface area contributed by atoms with Gasteiger partial charge in [0, 0.05) is 11.3 Å². The van der Waals surface area contributed by atoms with Crippen LogP contribution >= 0.6 is 0 Å². The second-order valence-corrected chi connectivity index (χ2v) is 4.97. The van der Waals surface area contributed by atoms with Gasteiger partial charge in [0.1, 0.15) is 0 Å². The number of aryl methyl sites for hydroxylation is 1. The topological polar surface area (TPSA) is 51.8 Å². The maximum absolute atomic E-state index is 5.75. The Morgan fingerprint density at radius 2 is 1.94 bits per heavy atom. The lowest BCUT2D eigenvalue weighted by molar-refractivity contribution is 0.420. The van der Waals surface area contributed by atoms with Gasteiger partial charge >= 0.3 is 0 Å². The van der Waals surface area contributed by atoms with Gasteiger partial charge in [-0.1, -0.05) is 30.7 Å². The van der Waals surface area contributed by atoms with E-state index < -0.39 is 0 Å². The molecule has 0 bridgehead atoms. The summed E-state index contributed by atoms with van der Waals surface area (Å²) in [6.45, 7) is 1.95. The molecule has 92 valence electrons. The van der Waals surface area contributed by atoms with E-state index in [1.54, 1.807) is 0 Å². The van der Waals surface area contributed by atoms with Crippen LogP contribution in [-0.4, -0.2) is 9.97 Å². The molecule has 3 rings (SSSR count). The van der Waals surface area contributed by atoms with E-state index in [1.165, 1.54) is 30.4 Å². The maximum atomic E-state index is 5.75. The zero-order valence-corrected chi connectivity index (χ0v) is 10.6. The van der Waals surface area contributed by atoms with E-state index in [1.807, 2.05) is 13.0 Å². The van der Waals surface area contributed by atoms with Crippen LogP contribution in [0.2, 0.25) is 0 Å². The molecule has 0 aliphatic heterocycles. The highest BCUT2D eigenvalue weighted by Gasteiger charge is 2.22. The molecule has 3 nitrogen and oxygen atoms in total. The van der Waals surface area contributed by atoms with Crippen LogP contribution in [0.3, 0.4) is 0 Å². The van der Waals surface area contributed by atoms with Crippen LogP contribution < -0.4 is 5.73 Å². The second kappa shape index (κ2) is 4.41. The molecule has 1 aromatic heterocycles. The number of benzene rings is 1. The smallest absolute Gasteiger partial charge is 0.220 e. The molecule has 1 aliphatic rings. The number of nitrogens with zero attached hydrogens (tertiary/aromatic N) is 2. The minimum Gasteiger partial charge on any atom is -0.368 e. The van der Waals surface area contributed by atoms with E-state index in [0.29, 0.717) is 11.9 Å². The molecule has 1 aromatic carbocycles. The van der Waals surface area contributed by atoms with Crippen molar-refractivity contribution in [3.63, 3.8) is 0 Å². The fourth-order valence-corrected chi connectivity index (χ4v) is 2.54. The third-order valence-corrected chi connectivity index (χ3v) is 3.65. The first-order valence-corrected chi connectivity index (χ1v) is 6.44. The van der Waals surface area contributed by atoms with E-state index in [9.17, 15) is 0 Å². The molecule has 1 fully saturated rings. The van der Waals surface area contributed by atoms with Gasteiger partial charge in [-0.2, -0.15) is 0 Å². The van der Waals surface area contributed by atoms with Crippen molar-refractivity contribution in [3.05, 3.63) is 41.6 Å². The number of nitrogen functional groups attached to an aromatic ring is 1. The van der Waals surface area contributed by atoms with E-state index >= 15 is 0 Å². The normalized spacial score (nSPS) is 15.4. The highest BCUT2D eigenvalue weighted by molar-refractivity contribution is 5.65. The predicted molar refractivity (Wildman–Crippen MR) is 73.2 cm³/mol. The summed E-state index contributed by atoms with van der Waals surface area (Å²) in [4.78, 5) is 8.51. The van der Waals surface area contributed by atoms with E-state index in [0.717, 1.165) is 11.4 Å². The summed E-state index contributed by atoms with van der Waals surface area (Å²) in [6.07, 6.45) is 3.91. The molecule has 3 heteroatoms. The lowest BCUT2D eigenvalue weighted by atomic mass is 9.78. The molecule has 2 N–H and O–H groups in total. The van der Waals surface area contributed by atoms with Gasteiger partial charge in [0.05, 0.1) is 5.69 Å². The Labute approximate surface area is 107 Å². The van der Waals surface area contributed by atoms with Crippen LogP contribution in [-0.2, 0) is 0 Å². The molecular formula is C15H17N3. The van der Waals surface area contributed by atoms with Crippen LogP contribution in [0.15, 0.2) is 30.3 Å². The minimum absolute atomic E-state index is 0.355. The van der Waals surface area contributed by atoms with Crippen molar-refractivity contribution in [2.75, 3.05) is 5.73 Å². The first kappa shape index (κ1) is 11.2. The van der Waals surface area contributed by atoms with Crippen molar-refractivity contribution < 1.29 is 0 Å². The number of nitrogens with two attached hydrogens (primary N) is 1. The Bertz CT molecular complexity index is 553. The Balaban J connectivity index is 2.10. The number of hydrogen-bond donors (Lipinski definition) is 1. The summed E-state index contributed by atoms with van der Waals surface area (Å²) in [5, 5.41) is 0. The van der Waals surface area contributed by atoms with Crippen LogP contribution in [0.25, 0.3) is 11.3 Å². The van der Waals surface area contributed by atoms with Crippen LogP contribution in [0.5, 0.6) is 0 Å². The van der Waals surface area contributed by atoms with Crippen LogP contribution in [0.4, 0.5) is 5.95 Å². The van der Waals surface area contributed by atoms with Crippen LogP contribution in [0, 0.1) is 6.92 Å². The quantitative estimate of drug-likeness (QED) is 0.874. The fraction of sp³-hybridized carbons (Fsp3) is 0.333. The second-order valence-electron chi connectivity index (χ2n) is 4.97. The van der Waals surface area contributed by atoms with Crippen molar-refractivity contribution in [1.82, 2.24) is 9.97 Å². The summed E-state index contributed by atoms with van der Waals surface area (Å²) in [5.74, 6) is 1.05. The Hall–Kier alpha value is -1.90. The molecule has 0 radical (unpaired) electrons. The Morgan fingerprint density at radius 1 is 1.17 bits per heavy atom. The van der Waals surface area contributed by atoms with Gasteiger partial charge in [-0.3, -0.25) is 0 Å². The van der Waals surface area contributed by atoms with Crippen molar-refractivity contribution >= 4 is 5.95 Å². The lowest BCUT2D eigenvalue weighted by Crippen LogP contribution is -2.10. The summed E-state index contributed by atoms with van der Waals surface area (Å²) < 4.78 is 0. The van der Waals surface area contributed by atoms with Gasteiger partial charge in [-0.15, -0.1) is 0 Å². The molecule has 0 amide bonds. The van der Waals surface area contributed by atoms with Crippen LogP contribution in [0.1, 0.15) is 36.4 Å². The molecule has 0 unspecified atom stereocenters. The first-order valence-electron chi connectivity index (χ1n) is 6.44. The van der Waals surface area contributed by atoms with Crippen molar-refractivity contribution in [2.45, 2.75) is 32.1 Å². The molecule has 18 heavy (non-hydrogen) atoms. The molecule has 1 heterocycles. The third kappa shape index (κ3) is 1.96. The lowest BCUT2D eigenvalue weighted by Gasteiger charge is -2.27. The summed E-state index contributed by atoms with van der Waals surface area (Å²) in [7, 11) is 0. The third-order valence-electron chi connectivity index (χ3n) is 3.65. The van der Waals surface area contributed by atoms with Gasteiger partial charge in [-0.25, -0.2) is 9.97 Å². The fourth-order valence-electron chi connectivity index (χ4n) is 2.54. The van der Waals surface area contributed by atoms with Crippen molar-refractivity contribution in [1.29, 1.82) is 0 Å². The summed E-state index contributed by atoms with van der Waals surface area (Å²) in [5.41, 5.74) is 10.2. The van der Waals surface area contributed by atoms with Gasteiger partial charge in [-0.05, 0) is 37.3 Å². The largest absolute Gasteiger partial charge is 0.368 e. The van der Waals surface area contributed by atoms with Gasteiger partial charge in [0.25, 0.3) is 0 Å². The van der Waals surface area contributed by atoms with Gasteiger partial charge < -0.3 is 5.73 Å². The molecule has 0 saturated heterocycles. The highest BCUT2D eigenvalue weighted by atomic mass is 15.0. The number of rotatable bonds is 2. The average molecular weight is 239 g/mol. The number of hydrogen-bond acceptors (Lipinski definition) is 3. The van der Waals surface area contributed by atoms with Gasteiger partial charge in [0.15, 0.2) is 0 Å². The standard InChI is InChI=1S/C15H17N3/c1-10-9-14(18-15(16)17-10)13-8-3-2-7-12(13)11-5-4-6-11/h2-3,7-9,11H,4-6H2,1H3,(H2,16,17,18). The maximum Gasteiger partial charge on any atom is 0.220 e. The molecule has 1 saturated carbocycles. The monoisotopic (exact) mass is 239 g/mol. The van der Waals surface area contributed by atoms with E-state index in [-0.39, 0.29) is 0 Å². The predicted octanol–water partition coefficient (Wildman–Crippen LogP) is 3.30. The Kier molecular flexibility index (Phi) is 2.74. The van der Waals surface area contributed by atoms with Crippen molar-refractivity contribution in [3.8, 4) is 11.3 Å². The zero-order chi connectivity index (χ0) is 12.5. The van der Waals surface area contributed by atoms with Crippen molar-refractivity contribution in [2.24, 2.45) is 0 Å². The minimum atomic E-state index is 0.355. The number of anilines is 1. The molecule has 0 atom stereocenters.